The molecule has 0 radical (unpaired) electrons. The summed E-state index contributed by atoms with van der Waals surface area (Å²) < 4.78 is 4.70. The number of ether oxygens (including phenoxy) is 1. The van der Waals surface area contributed by atoms with Crippen LogP contribution in [0.5, 0.6) is 0 Å². The number of carbonyl (C=O) groups is 4. The fourth-order valence-corrected chi connectivity index (χ4v) is 3.82. The molecule has 0 saturated heterocycles. The van der Waals surface area contributed by atoms with Crippen LogP contribution in [0.15, 0.2) is 97.1 Å². The monoisotopic (exact) mass is 534 g/mol. The number of methoxy groups -OCH3 is 1. The maximum atomic E-state index is 12.8. The number of anilines is 2. The molecule has 0 saturated carbocycles. The van der Waals surface area contributed by atoms with E-state index in [0.29, 0.717) is 28.1 Å². The summed E-state index contributed by atoms with van der Waals surface area (Å²) >= 11 is 0. The van der Waals surface area contributed by atoms with Crippen molar-refractivity contribution in [2.24, 2.45) is 0 Å². The van der Waals surface area contributed by atoms with Gasteiger partial charge in [0, 0.05) is 29.5 Å². The van der Waals surface area contributed by atoms with Gasteiger partial charge < -0.3 is 20.1 Å². The van der Waals surface area contributed by atoms with E-state index >= 15 is 0 Å². The average molecular weight is 535 g/mol. The molecule has 0 unspecified atom stereocenters. The van der Waals surface area contributed by atoms with Crippen LogP contribution in [0.1, 0.15) is 52.6 Å². The summed E-state index contributed by atoms with van der Waals surface area (Å²) in [5, 5.41) is 11.9. The van der Waals surface area contributed by atoms with E-state index in [1.807, 2.05) is 36.4 Å². The van der Waals surface area contributed by atoms with E-state index < -0.39 is 5.97 Å². The minimum Gasteiger partial charge on any atom is -0.478 e. The lowest BCUT2D eigenvalue weighted by molar-refractivity contribution is 0.0599. The average Bonchev–Trinajstić information content (AvgIpc) is 3.00. The Labute approximate surface area is 231 Å². The van der Waals surface area contributed by atoms with Crippen LogP contribution >= 0.6 is 0 Å². The molecule has 0 aromatic heterocycles. The summed E-state index contributed by atoms with van der Waals surface area (Å²) in [5.41, 5.74) is 4.44. The molecule has 8 heteroatoms. The molecule has 4 rings (SSSR count). The number of aromatic carboxylic acids is 1. The first-order valence-corrected chi connectivity index (χ1v) is 12.2. The third-order valence-corrected chi connectivity index (χ3v) is 6.17. The zero-order valence-corrected chi connectivity index (χ0v) is 21.8. The predicted molar refractivity (Wildman–Crippen MR) is 154 cm³/mol. The highest BCUT2D eigenvalue weighted by Gasteiger charge is 2.15. The summed E-state index contributed by atoms with van der Waals surface area (Å²) in [6.45, 7) is 0. The lowest BCUT2D eigenvalue weighted by Crippen LogP contribution is -2.26. The number of rotatable bonds is 8. The maximum Gasteiger partial charge on any atom is 0.337 e. The summed E-state index contributed by atoms with van der Waals surface area (Å²) in [6.07, 6.45) is 3.85. The second kappa shape index (κ2) is 12.4. The van der Waals surface area contributed by atoms with Crippen LogP contribution in [0.2, 0.25) is 0 Å². The van der Waals surface area contributed by atoms with Gasteiger partial charge in [0.05, 0.1) is 18.2 Å². The molecule has 0 bridgehead atoms. The topological polar surface area (TPSA) is 113 Å². The summed E-state index contributed by atoms with van der Waals surface area (Å²) in [5.74, 6) is -2.04. The minimum atomic E-state index is -1.06. The number of carboxylic acid groups (broad SMARTS) is 1. The number of hydrogen-bond donors (Lipinski definition) is 2. The second-order valence-electron chi connectivity index (χ2n) is 8.82. The number of nitrogens with one attached hydrogen (secondary N) is 1. The lowest BCUT2D eigenvalue weighted by Gasteiger charge is -2.18. The van der Waals surface area contributed by atoms with Crippen molar-refractivity contribution in [1.29, 1.82) is 0 Å². The number of benzene rings is 4. The Hall–Kier alpha value is -5.50. The van der Waals surface area contributed by atoms with Crippen LogP contribution in [-0.4, -0.2) is 43.0 Å². The molecule has 0 heterocycles. The molecule has 2 amide bonds. The van der Waals surface area contributed by atoms with Gasteiger partial charge >= 0.3 is 11.9 Å². The highest BCUT2D eigenvalue weighted by molar-refractivity contribution is 6.07. The maximum absolute atomic E-state index is 12.8. The Morgan fingerprint density at radius 1 is 0.675 bits per heavy atom. The van der Waals surface area contributed by atoms with Crippen molar-refractivity contribution in [3.8, 4) is 0 Å². The van der Waals surface area contributed by atoms with Crippen molar-refractivity contribution < 1.29 is 29.0 Å². The van der Waals surface area contributed by atoms with Gasteiger partial charge in [0.15, 0.2) is 0 Å². The zero-order chi connectivity index (χ0) is 28.6. The van der Waals surface area contributed by atoms with Crippen molar-refractivity contribution in [1.82, 2.24) is 0 Å². The third kappa shape index (κ3) is 6.68. The highest BCUT2D eigenvalue weighted by Crippen LogP contribution is 2.19. The summed E-state index contributed by atoms with van der Waals surface area (Å²) in [4.78, 5) is 49.5. The van der Waals surface area contributed by atoms with Crippen molar-refractivity contribution in [2.45, 2.75) is 0 Å². The van der Waals surface area contributed by atoms with Crippen LogP contribution in [0.4, 0.5) is 11.4 Å². The summed E-state index contributed by atoms with van der Waals surface area (Å²) in [6, 6.07) is 26.7. The summed E-state index contributed by atoms with van der Waals surface area (Å²) in [7, 11) is 2.95. The molecular weight excluding hydrogens is 508 g/mol. The van der Waals surface area contributed by atoms with E-state index in [1.54, 1.807) is 55.6 Å². The van der Waals surface area contributed by atoms with Gasteiger partial charge in [-0.3, -0.25) is 9.59 Å². The number of hydrogen-bond acceptors (Lipinski definition) is 5. The van der Waals surface area contributed by atoms with E-state index in [9.17, 15) is 19.2 Å². The largest absolute Gasteiger partial charge is 0.478 e. The lowest BCUT2D eigenvalue weighted by atomic mass is 10.1. The number of esters is 1. The van der Waals surface area contributed by atoms with Gasteiger partial charge in [-0.15, -0.1) is 0 Å². The van der Waals surface area contributed by atoms with Gasteiger partial charge in [-0.05, 0) is 83.9 Å². The quantitative estimate of drug-likeness (QED) is 0.216. The van der Waals surface area contributed by atoms with Crippen molar-refractivity contribution in [2.75, 3.05) is 24.4 Å². The smallest absolute Gasteiger partial charge is 0.337 e. The van der Waals surface area contributed by atoms with Crippen LogP contribution in [0, 0.1) is 0 Å². The zero-order valence-electron chi connectivity index (χ0n) is 21.8. The fourth-order valence-electron chi connectivity index (χ4n) is 3.82. The second-order valence-corrected chi connectivity index (χ2v) is 8.82. The first-order chi connectivity index (χ1) is 19.2. The first-order valence-electron chi connectivity index (χ1n) is 12.2. The third-order valence-electron chi connectivity index (χ3n) is 6.17. The van der Waals surface area contributed by atoms with Gasteiger partial charge in [0.25, 0.3) is 11.8 Å². The molecular formula is C32H26N2O6. The molecule has 0 aliphatic carbocycles. The Morgan fingerprint density at radius 2 is 1.15 bits per heavy atom. The van der Waals surface area contributed by atoms with Crippen LogP contribution in [0.3, 0.4) is 0 Å². The van der Waals surface area contributed by atoms with Crippen LogP contribution in [-0.2, 0) is 4.74 Å². The van der Waals surface area contributed by atoms with Crippen LogP contribution < -0.4 is 10.2 Å². The SMILES string of the molecule is COC(=O)c1ccc(C=Cc2ccc(NC(=O)c3ccc(N(C)C(=O)c4ccc(C(=O)O)cc4)cc3)cc2)cc1. The van der Waals surface area contributed by atoms with Crippen molar-refractivity contribution in [3.63, 3.8) is 0 Å². The highest BCUT2D eigenvalue weighted by atomic mass is 16.5. The van der Waals surface area contributed by atoms with Gasteiger partial charge in [-0.2, -0.15) is 0 Å². The number of amides is 2. The van der Waals surface area contributed by atoms with Crippen molar-refractivity contribution >= 4 is 47.3 Å². The molecule has 0 fully saturated rings. The molecule has 0 spiro atoms. The Morgan fingerprint density at radius 3 is 1.68 bits per heavy atom. The molecule has 2 N–H and O–H groups in total. The molecule has 0 aliphatic rings. The Balaban J connectivity index is 1.34. The number of nitrogens with zero attached hydrogens (tertiary/aromatic N) is 1. The van der Waals surface area contributed by atoms with E-state index in [0.717, 1.165) is 11.1 Å². The normalized spacial score (nSPS) is 10.7. The van der Waals surface area contributed by atoms with Gasteiger partial charge in [0.2, 0.25) is 0 Å². The van der Waals surface area contributed by atoms with Crippen molar-refractivity contribution in [3.05, 3.63) is 130 Å². The molecule has 40 heavy (non-hydrogen) atoms. The Kier molecular flexibility index (Phi) is 8.51. The van der Waals surface area contributed by atoms with Gasteiger partial charge in [0.1, 0.15) is 0 Å². The molecule has 8 nitrogen and oxygen atoms in total. The standard InChI is InChI=1S/C32H26N2O6/c1-34(30(36)24-11-13-25(14-12-24)31(37)38)28-19-15-23(16-20-28)29(35)33-27-17-7-22(8-18-27)4-3-21-5-9-26(10-6-21)32(39)40-2/h3-20H,1-2H3,(H,33,35)(H,37,38). The van der Waals surface area contributed by atoms with E-state index in [1.165, 1.54) is 36.3 Å². The fraction of sp³-hybridized carbons (Fsp3) is 0.0625. The molecule has 0 aliphatic heterocycles. The Bertz CT molecular complexity index is 1560. The number of carboxylic acids is 1. The predicted octanol–water partition coefficient (Wildman–Crippen LogP) is 5.87. The molecule has 0 atom stereocenters. The van der Waals surface area contributed by atoms with E-state index in [2.05, 4.69) is 5.32 Å². The van der Waals surface area contributed by atoms with Gasteiger partial charge in [-0.1, -0.05) is 36.4 Å². The molecule has 4 aromatic rings. The van der Waals surface area contributed by atoms with Gasteiger partial charge in [-0.25, -0.2) is 9.59 Å². The van der Waals surface area contributed by atoms with Crippen LogP contribution in [0.25, 0.3) is 12.2 Å². The first kappa shape index (κ1) is 27.5. The molecule has 4 aromatic carbocycles. The minimum absolute atomic E-state index is 0.101. The number of carbonyl (C=O) groups excluding carboxylic acids is 3. The molecule has 200 valence electrons. The van der Waals surface area contributed by atoms with E-state index in [-0.39, 0.29) is 23.3 Å². The van der Waals surface area contributed by atoms with E-state index in [4.69, 9.17) is 9.84 Å².